The molecule has 3 heterocycles. The number of rotatable bonds is 6. The molecule has 2 aliphatic rings. The van der Waals surface area contributed by atoms with Crippen LogP contribution in [-0.2, 0) is 16.1 Å². The fourth-order valence-electron chi connectivity index (χ4n) is 3.69. The molecule has 7 nitrogen and oxygen atoms in total. The van der Waals surface area contributed by atoms with Crippen LogP contribution in [-0.4, -0.2) is 57.3 Å². The monoisotopic (exact) mass is 458 g/mol. The van der Waals surface area contributed by atoms with Gasteiger partial charge in [0, 0.05) is 18.1 Å². The molecule has 0 spiro atoms. The highest BCUT2D eigenvalue weighted by Gasteiger charge is 2.44. The molecular formula is C20H22ClF3N4O3. The van der Waals surface area contributed by atoms with Gasteiger partial charge in [0.2, 0.25) is 5.91 Å². The average molecular weight is 459 g/mol. The van der Waals surface area contributed by atoms with Crippen molar-refractivity contribution in [3.63, 3.8) is 0 Å². The van der Waals surface area contributed by atoms with Crippen LogP contribution in [0.5, 0.6) is 5.75 Å². The lowest BCUT2D eigenvalue weighted by Crippen LogP contribution is -2.52. The van der Waals surface area contributed by atoms with Gasteiger partial charge in [0.25, 0.3) is 0 Å². The van der Waals surface area contributed by atoms with E-state index in [9.17, 15) is 18.0 Å². The number of halogens is 4. The standard InChI is InChI=1S/C20H22ClF3N4O3/c21-13-4-6-16(7-5-13)30-12-14-9-28(26-25-14)15-10-27(11-15)19(29)8-17-2-1-3-18(31-17)20(22,23)24/h4-7,9,15,17-18H,1-3,8,10-12H2. The van der Waals surface area contributed by atoms with Crippen molar-refractivity contribution in [2.75, 3.05) is 13.1 Å². The maximum Gasteiger partial charge on any atom is 0.414 e. The minimum absolute atomic E-state index is 0.0177. The van der Waals surface area contributed by atoms with Gasteiger partial charge in [-0.3, -0.25) is 4.79 Å². The quantitative estimate of drug-likeness (QED) is 0.659. The molecule has 1 amide bonds. The molecular weight excluding hydrogens is 437 g/mol. The van der Waals surface area contributed by atoms with Crippen molar-refractivity contribution >= 4 is 17.5 Å². The summed E-state index contributed by atoms with van der Waals surface area (Å²) in [6.07, 6.45) is -4.28. The van der Waals surface area contributed by atoms with Crippen molar-refractivity contribution in [1.29, 1.82) is 0 Å². The lowest BCUT2D eigenvalue weighted by molar-refractivity contribution is -0.245. The van der Waals surface area contributed by atoms with Gasteiger partial charge in [0.15, 0.2) is 6.10 Å². The van der Waals surface area contributed by atoms with Crippen LogP contribution in [0.15, 0.2) is 30.5 Å². The topological polar surface area (TPSA) is 69.5 Å². The molecule has 2 unspecified atom stereocenters. The molecule has 0 radical (unpaired) electrons. The predicted octanol–water partition coefficient (Wildman–Crippen LogP) is 3.78. The van der Waals surface area contributed by atoms with Crippen molar-refractivity contribution in [3.8, 4) is 5.75 Å². The molecule has 0 saturated carbocycles. The van der Waals surface area contributed by atoms with Gasteiger partial charge in [-0.1, -0.05) is 16.8 Å². The van der Waals surface area contributed by atoms with E-state index in [4.69, 9.17) is 21.1 Å². The molecule has 0 bridgehead atoms. The van der Waals surface area contributed by atoms with E-state index in [1.807, 2.05) is 0 Å². The van der Waals surface area contributed by atoms with Crippen LogP contribution in [0.3, 0.4) is 0 Å². The number of hydrogen-bond acceptors (Lipinski definition) is 5. The first-order chi connectivity index (χ1) is 14.8. The second kappa shape index (κ2) is 9.04. The largest absolute Gasteiger partial charge is 0.487 e. The van der Waals surface area contributed by atoms with Crippen LogP contribution in [0, 0.1) is 0 Å². The van der Waals surface area contributed by atoms with E-state index in [2.05, 4.69) is 10.3 Å². The summed E-state index contributed by atoms with van der Waals surface area (Å²) < 4.78 is 51.0. The first kappa shape index (κ1) is 21.9. The minimum atomic E-state index is -4.38. The van der Waals surface area contributed by atoms with Crippen LogP contribution in [0.2, 0.25) is 5.02 Å². The first-order valence-electron chi connectivity index (χ1n) is 10.1. The molecule has 0 N–H and O–H groups in total. The van der Waals surface area contributed by atoms with Gasteiger partial charge in [-0.05, 0) is 43.5 Å². The zero-order chi connectivity index (χ0) is 22.0. The zero-order valence-corrected chi connectivity index (χ0v) is 17.3. The van der Waals surface area contributed by atoms with Gasteiger partial charge in [0.05, 0.1) is 24.8 Å². The van der Waals surface area contributed by atoms with E-state index >= 15 is 0 Å². The Balaban J connectivity index is 1.22. The SMILES string of the molecule is O=C(CC1CCCC(C(F)(F)F)O1)N1CC(n2cc(COc3ccc(Cl)cc3)nn2)C1. The summed E-state index contributed by atoms with van der Waals surface area (Å²) in [5, 5.41) is 8.79. The molecule has 2 aliphatic heterocycles. The summed E-state index contributed by atoms with van der Waals surface area (Å²) in [6.45, 7) is 1.13. The summed E-state index contributed by atoms with van der Waals surface area (Å²) in [5.74, 6) is 0.465. The van der Waals surface area contributed by atoms with Crippen molar-refractivity contribution in [2.24, 2.45) is 0 Å². The van der Waals surface area contributed by atoms with E-state index in [0.717, 1.165) is 0 Å². The first-order valence-corrected chi connectivity index (χ1v) is 10.4. The molecule has 2 fully saturated rings. The molecule has 168 valence electrons. The smallest absolute Gasteiger partial charge is 0.414 e. The number of hydrogen-bond donors (Lipinski definition) is 0. The van der Waals surface area contributed by atoms with Crippen LogP contribution >= 0.6 is 11.6 Å². The highest BCUT2D eigenvalue weighted by Crippen LogP contribution is 2.33. The Morgan fingerprint density at radius 2 is 1.97 bits per heavy atom. The molecule has 2 atom stereocenters. The molecule has 2 aromatic rings. The predicted molar refractivity (Wildman–Crippen MR) is 105 cm³/mol. The number of alkyl halides is 3. The second-order valence-corrected chi connectivity index (χ2v) is 8.24. The van der Waals surface area contributed by atoms with Crippen LogP contribution in [0.25, 0.3) is 0 Å². The maximum atomic E-state index is 12.8. The number of amides is 1. The Kier molecular flexibility index (Phi) is 6.38. The third-order valence-corrected chi connectivity index (χ3v) is 5.72. The van der Waals surface area contributed by atoms with E-state index in [0.29, 0.717) is 42.4 Å². The van der Waals surface area contributed by atoms with Crippen LogP contribution in [0.1, 0.15) is 37.4 Å². The summed E-state index contributed by atoms with van der Waals surface area (Å²) >= 11 is 5.84. The van der Waals surface area contributed by atoms with Gasteiger partial charge >= 0.3 is 6.18 Å². The maximum absolute atomic E-state index is 12.8. The second-order valence-electron chi connectivity index (χ2n) is 7.81. The van der Waals surface area contributed by atoms with E-state index in [1.54, 1.807) is 40.0 Å². The molecule has 11 heteroatoms. The number of aromatic nitrogens is 3. The Hall–Kier alpha value is -2.33. The number of carbonyl (C=O) groups excluding carboxylic acids is 1. The van der Waals surface area contributed by atoms with Gasteiger partial charge < -0.3 is 14.4 Å². The molecule has 1 aromatic carbocycles. The number of ether oxygens (including phenoxy) is 2. The number of carbonyl (C=O) groups is 1. The highest BCUT2D eigenvalue weighted by atomic mass is 35.5. The number of likely N-dealkylation sites (tertiary alicyclic amines) is 1. The highest BCUT2D eigenvalue weighted by molar-refractivity contribution is 6.30. The summed E-state index contributed by atoms with van der Waals surface area (Å²) in [4.78, 5) is 14.0. The normalized spacial score (nSPS) is 22.3. The number of benzene rings is 1. The summed E-state index contributed by atoms with van der Waals surface area (Å²) in [6, 6.07) is 6.96. The van der Waals surface area contributed by atoms with Gasteiger partial charge in [-0.15, -0.1) is 5.10 Å². The van der Waals surface area contributed by atoms with Gasteiger partial charge in [-0.25, -0.2) is 4.68 Å². The Labute approximate surface area is 182 Å². The van der Waals surface area contributed by atoms with Gasteiger partial charge in [0.1, 0.15) is 18.1 Å². The van der Waals surface area contributed by atoms with E-state index < -0.39 is 18.4 Å². The lowest BCUT2D eigenvalue weighted by atomic mass is 10.00. The third kappa shape index (κ3) is 5.48. The number of nitrogens with zero attached hydrogens (tertiary/aromatic N) is 4. The molecule has 1 aromatic heterocycles. The van der Waals surface area contributed by atoms with Crippen molar-refractivity contribution in [3.05, 3.63) is 41.2 Å². The summed E-state index contributed by atoms with van der Waals surface area (Å²) in [5.41, 5.74) is 0.647. The fraction of sp³-hybridized carbons (Fsp3) is 0.550. The Bertz CT molecular complexity index is 900. The molecule has 31 heavy (non-hydrogen) atoms. The lowest BCUT2D eigenvalue weighted by Gasteiger charge is -2.40. The van der Waals surface area contributed by atoms with E-state index in [-0.39, 0.29) is 31.4 Å². The molecule has 0 aliphatic carbocycles. The fourth-order valence-corrected chi connectivity index (χ4v) is 3.81. The Morgan fingerprint density at radius 3 is 2.68 bits per heavy atom. The Morgan fingerprint density at radius 1 is 1.23 bits per heavy atom. The molecule has 2 saturated heterocycles. The van der Waals surface area contributed by atoms with E-state index in [1.165, 1.54) is 0 Å². The zero-order valence-electron chi connectivity index (χ0n) is 16.6. The van der Waals surface area contributed by atoms with Crippen molar-refractivity contribution < 1.29 is 27.4 Å². The van der Waals surface area contributed by atoms with Crippen molar-refractivity contribution in [1.82, 2.24) is 19.9 Å². The molecule has 4 rings (SSSR count). The van der Waals surface area contributed by atoms with Crippen LogP contribution < -0.4 is 4.74 Å². The van der Waals surface area contributed by atoms with Crippen LogP contribution in [0.4, 0.5) is 13.2 Å². The summed E-state index contributed by atoms with van der Waals surface area (Å²) in [7, 11) is 0. The third-order valence-electron chi connectivity index (χ3n) is 5.46. The average Bonchev–Trinajstić information content (AvgIpc) is 3.14. The van der Waals surface area contributed by atoms with Crippen molar-refractivity contribution in [2.45, 2.75) is 56.7 Å². The minimum Gasteiger partial charge on any atom is -0.487 e. The van der Waals surface area contributed by atoms with Gasteiger partial charge in [-0.2, -0.15) is 13.2 Å².